The van der Waals surface area contributed by atoms with Crippen LogP contribution in [0.2, 0.25) is 0 Å². The van der Waals surface area contributed by atoms with Gasteiger partial charge >= 0.3 is 0 Å². The zero-order valence-corrected chi connectivity index (χ0v) is 25.1. The van der Waals surface area contributed by atoms with Gasteiger partial charge in [0.2, 0.25) is 5.91 Å². The molecule has 222 valence electrons. The van der Waals surface area contributed by atoms with E-state index in [1.54, 1.807) is 19.1 Å². The third-order valence-corrected chi connectivity index (χ3v) is 8.14. The molecule has 6 nitrogen and oxygen atoms in total. The summed E-state index contributed by atoms with van der Waals surface area (Å²) in [6, 6.07) is 26.1. The SMILES string of the molecule is CC(=O)CCCNCc1c(OCc2cccc(C(N)=O)c2)cc(OCc2cccc(-c3ccccc3)c2C)c2c1CCC2. The molecule has 4 aromatic carbocycles. The number of ether oxygens (including phenoxy) is 2. The third kappa shape index (κ3) is 7.51. The van der Waals surface area contributed by atoms with Gasteiger partial charge in [0.05, 0.1) is 0 Å². The zero-order chi connectivity index (χ0) is 30.2. The molecule has 3 N–H and O–H groups in total. The molecule has 0 bridgehead atoms. The highest BCUT2D eigenvalue weighted by atomic mass is 16.5. The van der Waals surface area contributed by atoms with E-state index in [1.807, 2.05) is 24.3 Å². The average Bonchev–Trinajstić information content (AvgIpc) is 3.51. The highest BCUT2D eigenvalue weighted by molar-refractivity contribution is 5.92. The number of nitrogens with one attached hydrogen (secondary N) is 1. The second kappa shape index (κ2) is 14.2. The Kier molecular flexibility index (Phi) is 9.90. The van der Waals surface area contributed by atoms with Gasteiger partial charge < -0.3 is 25.3 Å². The molecule has 0 saturated heterocycles. The van der Waals surface area contributed by atoms with Crippen molar-refractivity contribution < 1.29 is 19.1 Å². The summed E-state index contributed by atoms with van der Waals surface area (Å²) in [5, 5.41) is 3.52. The molecule has 0 saturated carbocycles. The summed E-state index contributed by atoms with van der Waals surface area (Å²) in [6.07, 6.45) is 4.37. The topological polar surface area (TPSA) is 90.6 Å². The molecule has 0 heterocycles. The summed E-state index contributed by atoms with van der Waals surface area (Å²) in [5.74, 6) is 1.38. The van der Waals surface area contributed by atoms with E-state index >= 15 is 0 Å². The number of ketones is 1. The Labute approximate surface area is 254 Å². The second-order valence-corrected chi connectivity index (χ2v) is 11.2. The largest absolute Gasteiger partial charge is 0.488 e. The highest BCUT2D eigenvalue weighted by Crippen LogP contribution is 2.40. The Bertz CT molecular complexity index is 1600. The molecular formula is C37H40N2O4. The number of amides is 1. The fraction of sp³-hybridized carbons (Fsp3) is 0.297. The summed E-state index contributed by atoms with van der Waals surface area (Å²) < 4.78 is 13.0. The minimum absolute atomic E-state index is 0.205. The van der Waals surface area contributed by atoms with Crippen LogP contribution in [0.5, 0.6) is 11.5 Å². The second-order valence-electron chi connectivity index (χ2n) is 11.2. The number of hydrogen-bond donors (Lipinski definition) is 2. The predicted molar refractivity (Wildman–Crippen MR) is 170 cm³/mol. The van der Waals surface area contributed by atoms with Crippen molar-refractivity contribution in [3.63, 3.8) is 0 Å². The molecule has 0 radical (unpaired) electrons. The Morgan fingerprint density at radius 1 is 0.860 bits per heavy atom. The van der Waals surface area contributed by atoms with Crippen molar-refractivity contribution in [1.29, 1.82) is 0 Å². The van der Waals surface area contributed by atoms with Crippen LogP contribution >= 0.6 is 0 Å². The molecule has 0 aliphatic heterocycles. The summed E-state index contributed by atoms with van der Waals surface area (Å²) in [6.45, 7) is 5.95. The summed E-state index contributed by atoms with van der Waals surface area (Å²) >= 11 is 0. The average molecular weight is 577 g/mol. The number of carbonyl (C=O) groups is 2. The van der Waals surface area contributed by atoms with Crippen LogP contribution in [0.3, 0.4) is 0 Å². The number of primary amides is 1. The number of benzene rings is 4. The van der Waals surface area contributed by atoms with Crippen LogP contribution in [0, 0.1) is 6.92 Å². The lowest BCUT2D eigenvalue weighted by atomic mass is 9.97. The van der Waals surface area contributed by atoms with Gasteiger partial charge in [0.15, 0.2) is 0 Å². The lowest BCUT2D eigenvalue weighted by molar-refractivity contribution is -0.117. The van der Waals surface area contributed by atoms with Crippen LogP contribution in [0.1, 0.15) is 69.9 Å². The van der Waals surface area contributed by atoms with Gasteiger partial charge in [-0.15, -0.1) is 0 Å². The van der Waals surface area contributed by atoms with Crippen LogP contribution in [0.15, 0.2) is 78.9 Å². The van der Waals surface area contributed by atoms with E-state index in [9.17, 15) is 9.59 Å². The molecule has 1 aliphatic rings. The molecule has 0 atom stereocenters. The smallest absolute Gasteiger partial charge is 0.248 e. The number of carbonyl (C=O) groups excluding carboxylic acids is 2. The number of hydrogen-bond acceptors (Lipinski definition) is 5. The van der Waals surface area contributed by atoms with E-state index in [0.717, 1.165) is 60.4 Å². The van der Waals surface area contributed by atoms with Crippen molar-refractivity contribution in [2.45, 2.75) is 65.7 Å². The van der Waals surface area contributed by atoms with Gasteiger partial charge in [-0.3, -0.25) is 4.79 Å². The number of nitrogens with two attached hydrogens (primary N) is 1. The van der Waals surface area contributed by atoms with Crippen molar-refractivity contribution in [2.75, 3.05) is 6.54 Å². The standard InChI is InChI=1S/C37H40N2O4/c1-25(40)10-9-19-39-22-34-32-17-8-18-33(32)35(21-36(34)42-23-27-11-6-14-29(20-27)37(38)41)43-24-30-15-7-16-31(26(30)2)28-12-4-3-5-13-28/h3-7,11-16,20-21,39H,8-10,17-19,22-24H2,1-2H3,(H2,38,41). The molecule has 0 aromatic heterocycles. The first-order valence-corrected chi connectivity index (χ1v) is 15.1. The summed E-state index contributed by atoms with van der Waals surface area (Å²) in [7, 11) is 0. The maximum Gasteiger partial charge on any atom is 0.248 e. The molecule has 5 rings (SSSR count). The third-order valence-electron chi connectivity index (χ3n) is 8.14. The Hall–Kier alpha value is -4.42. The van der Waals surface area contributed by atoms with Crippen LogP contribution < -0.4 is 20.5 Å². The molecule has 0 unspecified atom stereocenters. The molecule has 0 fully saturated rings. The summed E-state index contributed by atoms with van der Waals surface area (Å²) in [5.41, 5.74) is 15.3. The van der Waals surface area contributed by atoms with E-state index in [4.69, 9.17) is 15.2 Å². The van der Waals surface area contributed by atoms with Gasteiger partial charge in [0.25, 0.3) is 0 Å². The van der Waals surface area contributed by atoms with Crippen LogP contribution in [-0.4, -0.2) is 18.2 Å². The van der Waals surface area contributed by atoms with Crippen molar-refractivity contribution >= 4 is 11.7 Å². The molecule has 0 spiro atoms. The Morgan fingerprint density at radius 2 is 1.63 bits per heavy atom. The molecule has 43 heavy (non-hydrogen) atoms. The normalized spacial score (nSPS) is 12.1. The number of Topliss-reactive ketones (excluding diaryl/α,β-unsaturated/α-hetero) is 1. The molecule has 4 aromatic rings. The molecular weight excluding hydrogens is 536 g/mol. The fourth-order valence-corrected chi connectivity index (χ4v) is 5.82. The van der Waals surface area contributed by atoms with E-state index in [2.05, 4.69) is 54.7 Å². The van der Waals surface area contributed by atoms with E-state index in [1.165, 1.54) is 27.8 Å². The fourth-order valence-electron chi connectivity index (χ4n) is 5.82. The van der Waals surface area contributed by atoms with Gasteiger partial charge in [-0.25, -0.2) is 0 Å². The van der Waals surface area contributed by atoms with Crippen molar-refractivity contribution in [3.8, 4) is 22.6 Å². The predicted octanol–water partition coefficient (Wildman–Crippen LogP) is 6.87. The van der Waals surface area contributed by atoms with Gasteiger partial charge in [-0.05, 0) is 97.2 Å². The van der Waals surface area contributed by atoms with E-state index < -0.39 is 5.91 Å². The lowest BCUT2D eigenvalue weighted by Crippen LogP contribution is -2.18. The van der Waals surface area contributed by atoms with Crippen molar-refractivity contribution in [1.82, 2.24) is 5.32 Å². The first-order valence-electron chi connectivity index (χ1n) is 15.1. The number of rotatable bonds is 14. The van der Waals surface area contributed by atoms with Gasteiger partial charge in [0.1, 0.15) is 30.5 Å². The first-order chi connectivity index (χ1) is 20.9. The summed E-state index contributed by atoms with van der Waals surface area (Å²) in [4.78, 5) is 23.1. The van der Waals surface area contributed by atoms with Crippen molar-refractivity contribution in [2.24, 2.45) is 5.73 Å². The van der Waals surface area contributed by atoms with E-state index in [0.29, 0.717) is 31.7 Å². The lowest BCUT2D eigenvalue weighted by Gasteiger charge is -2.20. The highest BCUT2D eigenvalue weighted by Gasteiger charge is 2.24. The molecule has 1 amide bonds. The van der Waals surface area contributed by atoms with Gasteiger partial charge in [-0.2, -0.15) is 0 Å². The van der Waals surface area contributed by atoms with Crippen LogP contribution in [-0.2, 0) is 37.4 Å². The van der Waals surface area contributed by atoms with Gasteiger partial charge in [-0.1, -0.05) is 60.7 Å². The zero-order valence-electron chi connectivity index (χ0n) is 25.1. The van der Waals surface area contributed by atoms with Gasteiger partial charge in [0, 0.05) is 30.2 Å². The Morgan fingerprint density at radius 3 is 2.42 bits per heavy atom. The Balaban J connectivity index is 1.41. The minimum atomic E-state index is -0.461. The number of fused-ring (bicyclic) bond motifs is 1. The molecule has 1 aliphatic carbocycles. The quantitative estimate of drug-likeness (QED) is 0.160. The maximum absolute atomic E-state index is 11.7. The minimum Gasteiger partial charge on any atom is -0.488 e. The molecule has 6 heteroatoms. The van der Waals surface area contributed by atoms with Crippen molar-refractivity contribution in [3.05, 3.63) is 118 Å². The monoisotopic (exact) mass is 576 g/mol. The maximum atomic E-state index is 11.7. The first kappa shape index (κ1) is 30.1. The van der Waals surface area contributed by atoms with E-state index in [-0.39, 0.29) is 5.78 Å². The van der Waals surface area contributed by atoms with Crippen LogP contribution in [0.25, 0.3) is 11.1 Å². The van der Waals surface area contributed by atoms with Crippen LogP contribution in [0.4, 0.5) is 0 Å².